The molecule has 0 aromatic carbocycles. The van der Waals surface area contributed by atoms with Gasteiger partial charge in [-0.25, -0.2) is 4.98 Å². The lowest BCUT2D eigenvalue weighted by atomic mass is 10.7. The van der Waals surface area contributed by atoms with E-state index in [1.807, 2.05) is 0 Å². The van der Waals surface area contributed by atoms with Crippen molar-refractivity contribution in [1.82, 2.24) is 9.97 Å². The van der Waals surface area contributed by atoms with Crippen LogP contribution in [0.3, 0.4) is 0 Å². The summed E-state index contributed by atoms with van der Waals surface area (Å²) in [7, 11) is 0. The number of aromatic amines is 1. The highest BCUT2D eigenvalue weighted by atomic mass is 16.1. The molecule has 8 heavy (non-hydrogen) atoms. The largest absolute Gasteiger partial charge is 0.382 e. The smallest absolute Gasteiger partial charge is 0.272 e. The number of imidazole rings is 1. The fraction of sp³-hybridized carbons (Fsp3) is 0. The van der Waals surface area contributed by atoms with E-state index < -0.39 is 0 Å². The molecule has 4 nitrogen and oxygen atoms in total. The molecule has 1 aromatic heterocycles. The minimum absolute atomic E-state index is 0.141. The molecule has 1 radical (unpaired) electrons. The molecule has 3 N–H and O–H groups in total. The molecule has 1 heterocycles. The van der Waals surface area contributed by atoms with Gasteiger partial charge < -0.3 is 10.7 Å². The Morgan fingerprint density at radius 3 is 2.88 bits per heavy atom. The molecule has 0 fully saturated rings. The summed E-state index contributed by atoms with van der Waals surface area (Å²) in [5, 5.41) is 0. The van der Waals surface area contributed by atoms with Crippen molar-refractivity contribution in [1.29, 1.82) is 0 Å². The highest BCUT2D eigenvalue weighted by Crippen LogP contribution is 1.92. The van der Waals surface area contributed by atoms with Crippen molar-refractivity contribution < 1.29 is 4.79 Å². The Bertz CT molecular complexity index is 193. The maximum absolute atomic E-state index is 9.75. The first-order valence-corrected chi connectivity index (χ1v) is 2.02. The van der Waals surface area contributed by atoms with Crippen LogP contribution in [0, 0.1) is 0 Å². The van der Waals surface area contributed by atoms with Crippen LogP contribution in [0.4, 0.5) is 5.82 Å². The lowest BCUT2D eigenvalue weighted by molar-refractivity contribution is 0.560. The van der Waals surface area contributed by atoms with Gasteiger partial charge in [0.25, 0.3) is 6.29 Å². The Morgan fingerprint density at radius 1 is 1.88 bits per heavy atom. The molecule has 0 aliphatic heterocycles. The first-order chi connectivity index (χ1) is 3.83. The number of anilines is 1. The first kappa shape index (κ1) is 4.83. The Hall–Kier alpha value is -1.32. The van der Waals surface area contributed by atoms with E-state index in [-0.39, 0.29) is 5.82 Å². The molecule has 0 aliphatic carbocycles. The first-order valence-electron chi connectivity index (χ1n) is 2.02. The predicted molar refractivity (Wildman–Crippen MR) is 27.8 cm³/mol. The van der Waals surface area contributed by atoms with E-state index in [0.717, 1.165) is 0 Å². The third-order valence-electron chi connectivity index (χ3n) is 0.694. The molecule has 41 valence electrons. The predicted octanol–water partition coefficient (Wildman–Crippen LogP) is -0.550. The number of nitrogens with two attached hydrogens (primary N) is 1. The quantitative estimate of drug-likeness (QED) is 0.509. The van der Waals surface area contributed by atoms with Crippen molar-refractivity contribution in [2.45, 2.75) is 0 Å². The summed E-state index contributed by atoms with van der Waals surface area (Å²) in [6.45, 7) is 0. The molecule has 0 bridgehead atoms. The molecule has 0 unspecified atom stereocenters. The summed E-state index contributed by atoms with van der Waals surface area (Å²) in [6.07, 6.45) is 2.98. The zero-order valence-electron chi connectivity index (χ0n) is 4.01. The number of carbonyl (C=O) groups excluding carboxylic acids is 1. The van der Waals surface area contributed by atoms with E-state index in [9.17, 15) is 4.79 Å². The van der Waals surface area contributed by atoms with E-state index in [1.165, 1.54) is 6.20 Å². The third-order valence-corrected chi connectivity index (χ3v) is 0.694. The summed E-state index contributed by atoms with van der Waals surface area (Å²) in [6, 6.07) is 0. The van der Waals surface area contributed by atoms with Gasteiger partial charge in [0, 0.05) is 6.20 Å². The summed E-state index contributed by atoms with van der Waals surface area (Å²) >= 11 is 0. The number of nitrogens with zero attached hydrogens (tertiary/aromatic N) is 1. The molecule has 0 aliphatic rings. The monoisotopic (exact) mass is 110 g/mol. The second kappa shape index (κ2) is 1.65. The minimum Gasteiger partial charge on any atom is -0.382 e. The number of nitrogen functional groups attached to an aromatic ring is 1. The van der Waals surface area contributed by atoms with Crippen molar-refractivity contribution in [2.24, 2.45) is 0 Å². The van der Waals surface area contributed by atoms with E-state index in [4.69, 9.17) is 5.73 Å². The third kappa shape index (κ3) is 0.676. The maximum Gasteiger partial charge on any atom is 0.272 e. The van der Waals surface area contributed by atoms with Gasteiger partial charge in [-0.15, -0.1) is 0 Å². The lowest BCUT2D eigenvalue weighted by Gasteiger charge is -1.70. The molecule has 0 amide bonds. The topological polar surface area (TPSA) is 71.8 Å². The molecule has 1 rings (SSSR count). The van der Waals surface area contributed by atoms with Crippen LogP contribution in [0.5, 0.6) is 0 Å². The van der Waals surface area contributed by atoms with Crippen molar-refractivity contribution in [3.63, 3.8) is 0 Å². The maximum atomic E-state index is 9.75. The molecular formula is C4H4N3O. The van der Waals surface area contributed by atoms with Crippen LogP contribution >= 0.6 is 0 Å². The van der Waals surface area contributed by atoms with E-state index >= 15 is 0 Å². The number of rotatable bonds is 1. The lowest BCUT2D eigenvalue weighted by Crippen LogP contribution is -1.84. The Labute approximate surface area is 45.7 Å². The molecule has 0 saturated heterocycles. The molecule has 0 atom stereocenters. The Balaban J connectivity index is 3.00. The van der Waals surface area contributed by atoms with Gasteiger partial charge in [-0.05, 0) is 0 Å². The SMILES string of the molecule is Nc1c[nH]c([C]=O)n1. The van der Waals surface area contributed by atoms with E-state index in [2.05, 4.69) is 9.97 Å². The van der Waals surface area contributed by atoms with Crippen molar-refractivity contribution >= 4 is 12.1 Å². The van der Waals surface area contributed by atoms with Crippen molar-refractivity contribution in [3.05, 3.63) is 12.0 Å². The molecule has 4 heteroatoms. The molecular weight excluding hydrogens is 106 g/mol. The summed E-state index contributed by atoms with van der Waals surface area (Å²) in [4.78, 5) is 15.8. The van der Waals surface area contributed by atoms with Crippen LogP contribution in [0.25, 0.3) is 0 Å². The van der Waals surface area contributed by atoms with Gasteiger partial charge >= 0.3 is 0 Å². The fourth-order valence-electron chi connectivity index (χ4n) is 0.388. The molecule has 1 aromatic rings. The van der Waals surface area contributed by atoms with Crippen LogP contribution in [-0.2, 0) is 4.79 Å². The van der Waals surface area contributed by atoms with Crippen molar-refractivity contribution in [3.8, 4) is 0 Å². The second-order valence-electron chi connectivity index (χ2n) is 1.28. The number of H-pyrrole nitrogens is 1. The van der Waals surface area contributed by atoms with Crippen LogP contribution in [-0.4, -0.2) is 16.3 Å². The number of aromatic nitrogens is 2. The number of hydrogen-bond acceptors (Lipinski definition) is 3. The summed E-state index contributed by atoms with van der Waals surface area (Å²) in [5.41, 5.74) is 5.13. The molecule has 0 saturated carbocycles. The highest BCUT2D eigenvalue weighted by molar-refractivity contribution is 5.70. The van der Waals surface area contributed by atoms with Crippen LogP contribution in [0.15, 0.2) is 6.20 Å². The minimum atomic E-state index is 0.141. The van der Waals surface area contributed by atoms with Crippen molar-refractivity contribution in [2.75, 3.05) is 5.73 Å². The van der Waals surface area contributed by atoms with Gasteiger partial charge in [0.15, 0.2) is 5.82 Å². The van der Waals surface area contributed by atoms with Gasteiger partial charge in [0.2, 0.25) is 0 Å². The van der Waals surface area contributed by atoms with Gasteiger partial charge in [-0.1, -0.05) is 0 Å². The zero-order valence-corrected chi connectivity index (χ0v) is 4.01. The normalized spacial score (nSPS) is 9.00. The van der Waals surface area contributed by atoms with Crippen LogP contribution < -0.4 is 5.73 Å². The summed E-state index contributed by atoms with van der Waals surface area (Å²) in [5.74, 6) is 0.450. The fourth-order valence-corrected chi connectivity index (χ4v) is 0.388. The van der Waals surface area contributed by atoms with Gasteiger partial charge in [0.1, 0.15) is 5.82 Å². The Kier molecular flexibility index (Phi) is 0.997. The average molecular weight is 110 g/mol. The van der Waals surface area contributed by atoms with Crippen LogP contribution in [0.2, 0.25) is 0 Å². The Morgan fingerprint density at radius 2 is 2.62 bits per heavy atom. The summed E-state index contributed by atoms with van der Waals surface area (Å²) < 4.78 is 0. The second-order valence-corrected chi connectivity index (χ2v) is 1.28. The zero-order chi connectivity index (χ0) is 5.98. The molecule has 0 spiro atoms. The number of nitrogens with one attached hydrogen (secondary N) is 1. The van der Waals surface area contributed by atoms with E-state index in [0.29, 0.717) is 5.82 Å². The van der Waals surface area contributed by atoms with Crippen LogP contribution in [0.1, 0.15) is 5.82 Å². The standard InChI is InChI=1S/C4H4N3O/c5-3-1-6-4(2-8)7-3/h1H,5H2,(H,6,7). The van der Waals surface area contributed by atoms with E-state index in [1.54, 1.807) is 6.29 Å². The number of hydrogen-bond donors (Lipinski definition) is 2. The van der Waals surface area contributed by atoms with Gasteiger partial charge in [-0.2, -0.15) is 0 Å². The highest BCUT2D eigenvalue weighted by Gasteiger charge is 1.92. The average Bonchev–Trinajstić information content (AvgIpc) is 2.14. The van der Waals surface area contributed by atoms with Gasteiger partial charge in [0.05, 0.1) is 0 Å². The van der Waals surface area contributed by atoms with Gasteiger partial charge in [-0.3, -0.25) is 4.79 Å².